The molecule has 0 aromatic heterocycles. The van der Waals surface area contributed by atoms with Crippen molar-refractivity contribution in [3.8, 4) is 6.07 Å². The van der Waals surface area contributed by atoms with Crippen LogP contribution in [-0.2, 0) is 0 Å². The molecule has 2 rings (SSSR count). The molecule has 0 saturated heterocycles. The van der Waals surface area contributed by atoms with Crippen LogP contribution >= 0.6 is 11.6 Å². The zero-order valence-corrected chi connectivity index (χ0v) is 10.4. The van der Waals surface area contributed by atoms with Gasteiger partial charge in [0.15, 0.2) is 0 Å². The van der Waals surface area contributed by atoms with Crippen molar-refractivity contribution in [1.82, 2.24) is 0 Å². The quantitative estimate of drug-likeness (QED) is 0.866. The van der Waals surface area contributed by atoms with Gasteiger partial charge in [0.1, 0.15) is 6.07 Å². The van der Waals surface area contributed by atoms with Gasteiger partial charge < -0.3 is 11.1 Å². The average Bonchev–Trinajstić information content (AvgIpc) is 2.77. The van der Waals surface area contributed by atoms with E-state index in [1.54, 1.807) is 12.1 Å². The fraction of sp³-hybridized carbons (Fsp3) is 0.462. The van der Waals surface area contributed by atoms with Crippen LogP contribution in [0.1, 0.15) is 24.8 Å². The van der Waals surface area contributed by atoms with E-state index in [-0.39, 0.29) is 0 Å². The molecular formula is C13H16ClN3. The number of nitrogens with zero attached hydrogens (tertiary/aromatic N) is 1. The van der Waals surface area contributed by atoms with Crippen molar-refractivity contribution >= 4 is 17.3 Å². The standard InChI is InChI=1S/C13H16ClN3/c14-11-5-4-10(8-16)13(6-11)17-12-3-1-2-9(12)7-15/h4-6,9,12,17H,1-3,7,15H2. The van der Waals surface area contributed by atoms with Gasteiger partial charge in [0.05, 0.1) is 11.3 Å². The lowest BCUT2D eigenvalue weighted by Crippen LogP contribution is -2.29. The Bertz CT molecular complexity index is 439. The van der Waals surface area contributed by atoms with E-state index in [9.17, 15) is 0 Å². The van der Waals surface area contributed by atoms with Crippen LogP contribution < -0.4 is 11.1 Å². The van der Waals surface area contributed by atoms with E-state index in [2.05, 4.69) is 11.4 Å². The zero-order chi connectivity index (χ0) is 12.3. The lowest BCUT2D eigenvalue weighted by Gasteiger charge is -2.21. The maximum atomic E-state index is 9.05. The number of benzene rings is 1. The normalized spacial score (nSPS) is 23.4. The number of nitriles is 1. The highest BCUT2D eigenvalue weighted by atomic mass is 35.5. The van der Waals surface area contributed by atoms with Gasteiger partial charge in [-0.1, -0.05) is 18.0 Å². The minimum atomic E-state index is 0.366. The van der Waals surface area contributed by atoms with Crippen LogP contribution in [0.15, 0.2) is 18.2 Å². The number of anilines is 1. The van der Waals surface area contributed by atoms with Crippen molar-refractivity contribution in [3.63, 3.8) is 0 Å². The molecule has 3 nitrogen and oxygen atoms in total. The van der Waals surface area contributed by atoms with Crippen LogP contribution in [0.2, 0.25) is 5.02 Å². The van der Waals surface area contributed by atoms with Crippen molar-refractivity contribution in [3.05, 3.63) is 28.8 Å². The summed E-state index contributed by atoms with van der Waals surface area (Å²) in [5.41, 5.74) is 7.21. The van der Waals surface area contributed by atoms with Gasteiger partial charge in [-0.25, -0.2) is 0 Å². The minimum absolute atomic E-state index is 0.366. The second kappa shape index (κ2) is 5.39. The molecule has 3 N–H and O–H groups in total. The summed E-state index contributed by atoms with van der Waals surface area (Å²) in [6.45, 7) is 0.695. The Hall–Kier alpha value is -1.24. The fourth-order valence-electron chi connectivity index (χ4n) is 2.44. The Kier molecular flexibility index (Phi) is 3.88. The summed E-state index contributed by atoms with van der Waals surface area (Å²) in [6.07, 6.45) is 3.47. The number of nitrogens with one attached hydrogen (secondary N) is 1. The molecule has 0 aliphatic heterocycles. The molecule has 1 aromatic carbocycles. The third-order valence-corrected chi connectivity index (χ3v) is 3.64. The topological polar surface area (TPSA) is 61.8 Å². The maximum Gasteiger partial charge on any atom is 0.101 e. The Labute approximate surface area is 107 Å². The predicted molar refractivity (Wildman–Crippen MR) is 70.0 cm³/mol. The Morgan fingerprint density at radius 1 is 1.47 bits per heavy atom. The van der Waals surface area contributed by atoms with Gasteiger partial charge in [-0.2, -0.15) is 5.26 Å². The molecule has 0 heterocycles. The van der Waals surface area contributed by atoms with Gasteiger partial charge in [-0.3, -0.25) is 0 Å². The first-order chi connectivity index (χ1) is 8.24. The number of halogens is 1. The van der Waals surface area contributed by atoms with Crippen LogP contribution in [0.4, 0.5) is 5.69 Å². The van der Waals surface area contributed by atoms with Crippen molar-refractivity contribution in [2.45, 2.75) is 25.3 Å². The summed E-state index contributed by atoms with van der Waals surface area (Å²) in [4.78, 5) is 0. The van der Waals surface area contributed by atoms with Crippen molar-refractivity contribution < 1.29 is 0 Å². The van der Waals surface area contributed by atoms with Gasteiger partial charge in [-0.15, -0.1) is 0 Å². The van der Waals surface area contributed by atoms with Crippen LogP contribution in [0.25, 0.3) is 0 Å². The molecule has 0 spiro atoms. The van der Waals surface area contributed by atoms with Gasteiger partial charge in [0, 0.05) is 11.1 Å². The first kappa shape index (κ1) is 12.2. The molecule has 1 saturated carbocycles. The van der Waals surface area contributed by atoms with E-state index in [1.165, 1.54) is 6.42 Å². The summed E-state index contributed by atoms with van der Waals surface area (Å²) in [6, 6.07) is 7.84. The van der Waals surface area contributed by atoms with Crippen LogP contribution in [0, 0.1) is 17.2 Å². The molecule has 90 valence electrons. The first-order valence-corrected chi connectivity index (χ1v) is 6.28. The summed E-state index contributed by atoms with van der Waals surface area (Å²) in [5.74, 6) is 0.500. The van der Waals surface area contributed by atoms with Gasteiger partial charge in [0.25, 0.3) is 0 Å². The van der Waals surface area contributed by atoms with Crippen molar-refractivity contribution in [2.75, 3.05) is 11.9 Å². The summed E-state index contributed by atoms with van der Waals surface area (Å²) in [5, 5.41) is 13.1. The highest BCUT2D eigenvalue weighted by Crippen LogP contribution is 2.30. The maximum absolute atomic E-state index is 9.05. The lowest BCUT2D eigenvalue weighted by molar-refractivity contribution is 0.516. The highest BCUT2D eigenvalue weighted by Gasteiger charge is 2.26. The Morgan fingerprint density at radius 2 is 2.29 bits per heavy atom. The van der Waals surface area contributed by atoms with Crippen molar-refractivity contribution in [2.24, 2.45) is 11.7 Å². The van der Waals surface area contributed by atoms with Crippen LogP contribution in [-0.4, -0.2) is 12.6 Å². The smallest absolute Gasteiger partial charge is 0.101 e. The highest BCUT2D eigenvalue weighted by molar-refractivity contribution is 6.30. The van der Waals surface area contributed by atoms with E-state index in [0.717, 1.165) is 18.5 Å². The number of rotatable bonds is 3. The molecule has 17 heavy (non-hydrogen) atoms. The predicted octanol–water partition coefficient (Wildman–Crippen LogP) is 2.75. The molecule has 1 aliphatic carbocycles. The molecule has 0 radical (unpaired) electrons. The third-order valence-electron chi connectivity index (χ3n) is 3.40. The second-order valence-corrected chi connectivity index (χ2v) is 4.92. The summed E-state index contributed by atoms with van der Waals surface area (Å²) in [7, 11) is 0. The summed E-state index contributed by atoms with van der Waals surface area (Å²) < 4.78 is 0. The summed E-state index contributed by atoms with van der Waals surface area (Å²) >= 11 is 5.96. The van der Waals surface area contributed by atoms with Crippen molar-refractivity contribution in [1.29, 1.82) is 5.26 Å². The molecule has 0 amide bonds. The molecule has 4 heteroatoms. The van der Waals surface area contributed by atoms with Crippen LogP contribution in [0.5, 0.6) is 0 Å². The fourth-order valence-corrected chi connectivity index (χ4v) is 2.61. The molecule has 0 bridgehead atoms. The van der Waals surface area contributed by atoms with E-state index < -0.39 is 0 Å². The molecular weight excluding hydrogens is 234 g/mol. The number of nitrogens with two attached hydrogens (primary N) is 1. The number of hydrogen-bond donors (Lipinski definition) is 2. The largest absolute Gasteiger partial charge is 0.381 e. The van der Waals surface area contributed by atoms with Gasteiger partial charge in [-0.05, 0) is 43.5 Å². The first-order valence-electron chi connectivity index (χ1n) is 5.91. The molecule has 1 aliphatic rings. The SMILES string of the molecule is N#Cc1ccc(Cl)cc1NC1CCCC1CN. The molecule has 1 aromatic rings. The molecule has 2 atom stereocenters. The monoisotopic (exact) mass is 249 g/mol. The van der Waals surface area contributed by atoms with Gasteiger partial charge in [0.2, 0.25) is 0 Å². The molecule has 1 fully saturated rings. The minimum Gasteiger partial charge on any atom is -0.381 e. The second-order valence-electron chi connectivity index (χ2n) is 4.48. The van der Waals surface area contributed by atoms with Crippen LogP contribution in [0.3, 0.4) is 0 Å². The zero-order valence-electron chi connectivity index (χ0n) is 9.62. The van der Waals surface area contributed by atoms with E-state index in [1.807, 2.05) is 6.07 Å². The van der Waals surface area contributed by atoms with E-state index >= 15 is 0 Å². The average molecular weight is 250 g/mol. The Balaban J connectivity index is 2.18. The lowest BCUT2D eigenvalue weighted by atomic mass is 10.0. The Morgan fingerprint density at radius 3 is 3.00 bits per heavy atom. The van der Waals surface area contributed by atoms with E-state index in [4.69, 9.17) is 22.6 Å². The molecule has 2 unspecified atom stereocenters. The van der Waals surface area contributed by atoms with Gasteiger partial charge >= 0.3 is 0 Å². The van der Waals surface area contributed by atoms with E-state index in [0.29, 0.717) is 29.1 Å². The number of hydrogen-bond acceptors (Lipinski definition) is 3. The third kappa shape index (κ3) is 2.71.